The molecule has 11 heteroatoms. The fourth-order valence-electron chi connectivity index (χ4n) is 5.35. The molecule has 0 saturated carbocycles. The Bertz CT molecular complexity index is 1430. The number of alkyl halides is 2. The monoisotopic (exact) mass is 532 g/mol. The number of H-pyrrole nitrogens is 1. The Morgan fingerprint density at radius 2 is 1.84 bits per heavy atom. The molecular formula is C26H30F2N4O4S. The van der Waals surface area contributed by atoms with Crippen molar-refractivity contribution in [1.82, 2.24) is 14.2 Å². The molecule has 0 unspecified atom stereocenters. The predicted molar refractivity (Wildman–Crippen MR) is 137 cm³/mol. The van der Waals surface area contributed by atoms with E-state index in [2.05, 4.69) is 4.98 Å². The summed E-state index contributed by atoms with van der Waals surface area (Å²) >= 11 is 0. The summed E-state index contributed by atoms with van der Waals surface area (Å²) in [6.07, 6.45) is 0.212. The smallest absolute Gasteiger partial charge is 0.266 e. The van der Waals surface area contributed by atoms with Gasteiger partial charge in [0.1, 0.15) is 6.04 Å². The van der Waals surface area contributed by atoms with Crippen molar-refractivity contribution >= 4 is 32.5 Å². The Labute approximate surface area is 215 Å². The number of anilines is 1. The third-order valence-electron chi connectivity index (χ3n) is 7.48. The Morgan fingerprint density at radius 1 is 1.05 bits per heavy atom. The first-order valence-electron chi connectivity index (χ1n) is 12.5. The number of rotatable bonds is 5. The number of benzene rings is 2. The lowest BCUT2D eigenvalue weighted by atomic mass is 10.1. The molecule has 3 aromatic rings. The van der Waals surface area contributed by atoms with Crippen molar-refractivity contribution in [3.63, 3.8) is 0 Å². The average molecular weight is 533 g/mol. The molecule has 2 aromatic carbocycles. The van der Waals surface area contributed by atoms with Crippen LogP contribution in [0.25, 0.3) is 22.2 Å². The maximum atomic E-state index is 14.1. The molecule has 3 fully saturated rings. The van der Waals surface area contributed by atoms with E-state index in [0.29, 0.717) is 49.7 Å². The summed E-state index contributed by atoms with van der Waals surface area (Å²) in [5, 5.41) is 0.933. The molecular weight excluding hydrogens is 502 g/mol. The average Bonchev–Trinajstić information content (AvgIpc) is 3.46. The van der Waals surface area contributed by atoms with Crippen molar-refractivity contribution in [3.8, 4) is 11.3 Å². The minimum absolute atomic E-state index is 0. The topological polar surface area (TPSA) is 86.0 Å². The Balaban J connectivity index is 0.00000294. The van der Waals surface area contributed by atoms with Gasteiger partial charge in [-0.1, -0.05) is 18.2 Å². The van der Waals surface area contributed by atoms with Crippen molar-refractivity contribution in [3.05, 3.63) is 48.5 Å². The number of amides is 1. The number of carbonyl (C=O) groups is 1. The lowest BCUT2D eigenvalue weighted by Crippen LogP contribution is -2.60. The van der Waals surface area contributed by atoms with E-state index in [1.807, 2.05) is 30.3 Å². The molecule has 0 aliphatic carbocycles. The third-order valence-corrected chi connectivity index (χ3v) is 9.39. The van der Waals surface area contributed by atoms with Crippen molar-refractivity contribution in [2.75, 3.05) is 50.8 Å². The van der Waals surface area contributed by atoms with E-state index in [0.717, 1.165) is 10.9 Å². The maximum absolute atomic E-state index is 14.1. The second-order valence-electron chi connectivity index (χ2n) is 9.83. The number of aromatic nitrogens is 1. The van der Waals surface area contributed by atoms with Gasteiger partial charge in [0.05, 0.1) is 24.7 Å². The van der Waals surface area contributed by atoms with E-state index >= 15 is 0 Å². The number of hydrogen-bond donors (Lipinski definition) is 1. The number of carbonyl (C=O) groups excluding carboxylic acids is 1. The minimum Gasteiger partial charge on any atom is -0.378 e. The van der Waals surface area contributed by atoms with Crippen molar-refractivity contribution < 1.29 is 28.2 Å². The molecule has 0 bridgehead atoms. The van der Waals surface area contributed by atoms with Gasteiger partial charge in [-0.25, -0.2) is 17.2 Å². The van der Waals surface area contributed by atoms with Crippen LogP contribution in [-0.4, -0.2) is 86.4 Å². The Morgan fingerprint density at radius 3 is 2.51 bits per heavy atom. The summed E-state index contributed by atoms with van der Waals surface area (Å²) in [6, 6.07) is 13.4. The van der Waals surface area contributed by atoms with E-state index < -0.39 is 28.5 Å². The summed E-state index contributed by atoms with van der Waals surface area (Å²) in [5.74, 6) is -3.00. The maximum Gasteiger partial charge on any atom is 0.266 e. The number of sulfonamides is 1. The van der Waals surface area contributed by atoms with Crippen LogP contribution in [-0.2, 0) is 19.6 Å². The molecule has 37 heavy (non-hydrogen) atoms. The summed E-state index contributed by atoms with van der Waals surface area (Å²) in [7, 11) is -3.98. The molecule has 1 amide bonds. The van der Waals surface area contributed by atoms with Crippen LogP contribution in [0.4, 0.5) is 14.5 Å². The van der Waals surface area contributed by atoms with Gasteiger partial charge in [-0.15, -0.1) is 0 Å². The fourth-order valence-corrected chi connectivity index (χ4v) is 7.01. The number of aromatic amines is 1. The zero-order chi connectivity index (χ0) is 25.8. The van der Waals surface area contributed by atoms with Crippen LogP contribution in [0.1, 0.15) is 14.3 Å². The normalized spacial score (nSPS) is 22.4. The predicted octanol–water partition coefficient (Wildman–Crippen LogP) is 3.55. The largest absolute Gasteiger partial charge is 0.378 e. The molecule has 6 rings (SSSR count). The molecule has 0 radical (unpaired) electrons. The first kappa shape index (κ1) is 24.3. The molecule has 0 spiro atoms. The summed E-state index contributed by atoms with van der Waals surface area (Å²) in [5.41, 5.74) is 2.59. The molecule has 8 nitrogen and oxygen atoms in total. The van der Waals surface area contributed by atoms with Crippen LogP contribution < -0.4 is 4.90 Å². The summed E-state index contributed by atoms with van der Waals surface area (Å²) in [4.78, 5) is 19.6. The number of nitrogens with one attached hydrogen (secondary N) is 1. The van der Waals surface area contributed by atoms with Gasteiger partial charge < -0.3 is 19.5 Å². The second kappa shape index (κ2) is 9.07. The lowest BCUT2D eigenvalue weighted by Gasteiger charge is -2.41. The van der Waals surface area contributed by atoms with Crippen LogP contribution in [0.15, 0.2) is 53.4 Å². The van der Waals surface area contributed by atoms with E-state index in [9.17, 15) is 22.0 Å². The number of ether oxygens (including phenoxy) is 1. The first-order chi connectivity index (χ1) is 17.7. The van der Waals surface area contributed by atoms with Crippen molar-refractivity contribution in [2.45, 2.75) is 29.7 Å². The highest BCUT2D eigenvalue weighted by atomic mass is 32.2. The van der Waals surface area contributed by atoms with Gasteiger partial charge in [0.25, 0.3) is 5.92 Å². The number of halogens is 2. The number of para-hydroxylation sites is 1. The van der Waals surface area contributed by atoms with Gasteiger partial charge in [-0.3, -0.25) is 4.79 Å². The van der Waals surface area contributed by atoms with Crippen LogP contribution >= 0.6 is 0 Å². The summed E-state index contributed by atoms with van der Waals surface area (Å²) in [6.45, 7) is 1.78. The number of fused-ring (bicyclic) bond motifs is 1. The quantitative estimate of drug-likeness (QED) is 0.543. The van der Waals surface area contributed by atoms with Crippen LogP contribution in [0, 0.1) is 0 Å². The summed E-state index contributed by atoms with van der Waals surface area (Å²) < 4.78 is 62.1. The molecule has 1 atom stereocenters. The first-order valence-corrected chi connectivity index (χ1v) is 13.9. The fraction of sp³-hybridized carbons (Fsp3) is 0.423. The Hall–Kier alpha value is -3.02. The van der Waals surface area contributed by atoms with Gasteiger partial charge >= 0.3 is 0 Å². The van der Waals surface area contributed by atoms with Gasteiger partial charge in [0, 0.05) is 61.9 Å². The number of morpholine rings is 1. The highest BCUT2D eigenvalue weighted by Gasteiger charge is 2.45. The molecule has 3 saturated heterocycles. The van der Waals surface area contributed by atoms with Crippen LogP contribution in [0.2, 0.25) is 0 Å². The van der Waals surface area contributed by atoms with Crippen LogP contribution in [0.5, 0.6) is 0 Å². The third kappa shape index (κ3) is 4.38. The SMILES string of the molecule is O=C([C@@H]1CCN1S(=O)(=O)c1ccc(N2CCC(F)(F)C2)c(-c2cc3ccccc3[nH]2)c1)N1CCOCC1.[HH]. The van der Waals surface area contributed by atoms with E-state index in [4.69, 9.17) is 4.74 Å². The number of nitrogens with zero attached hydrogens (tertiary/aromatic N) is 3. The highest BCUT2D eigenvalue weighted by Crippen LogP contribution is 2.40. The van der Waals surface area contributed by atoms with E-state index in [1.165, 1.54) is 10.4 Å². The van der Waals surface area contributed by atoms with Gasteiger partial charge in [0.15, 0.2) is 0 Å². The number of hydrogen-bond acceptors (Lipinski definition) is 5. The van der Waals surface area contributed by atoms with E-state index in [1.54, 1.807) is 21.9 Å². The molecule has 4 heterocycles. The van der Waals surface area contributed by atoms with E-state index in [-0.39, 0.29) is 31.7 Å². The van der Waals surface area contributed by atoms with Gasteiger partial charge in [0.2, 0.25) is 15.9 Å². The zero-order valence-corrected chi connectivity index (χ0v) is 21.0. The standard InChI is InChI=1S/C26H28F2N4O4S.H2/c27-26(28)8-10-31(17-26)23-6-5-19(16-20(23)22-15-18-3-1-2-4-21(18)29-22)37(34,35)32-9-7-24(32)25(33)30-11-13-36-14-12-30;/h1-6,15-16,24,29H,7-14,17H2;1H/t24-;/m0./s1. The van der Waals surface area contributed by atoms with Crippen molar-refractivity contribution in [1.29, 1.82) is 0 Å². The highest BCUT2D eigenvalue weighted by molar-refractivity contribution is 7.89. The van der Waals surface area contributed by atoms with Crippen LogP contribution in [0.3, 0.4) is 0 Å². The Kier molecular flexibility index (Phi) is 5.96. The lowest BCUT2D eigenvalue weighted by molar-refractivity contribution is -0.142. The molecule has 3 aliphatic heterocycles. The molecule has 1 N–H and O–H groups in total. The van der Waals surface area contributed by atoms with Gasteiger partial charge in [-0.05, 0) is 36.8 Å². The molecule has 198 valence electrons. The minimum atomic E-state index is -3.98. The zero-order valence-electron chi connectivity index (χ0n) is 20.2. The van der Waals surface area contributed by atoms with Gasteiger partial charge in [-0.2, -0.15) is 4.31 Å². The second-order valence-corrected chi connectivity index (χ2v) is 11.7. The molecule has 1 aromatic heterocycles. The van der Waals surface area contributed by atoms with Crippen molar-refractivity contribution in [2.24, 2.45) is 0 Å². The molecule has 3 aliphatic rings.